The van der Waals surface area contributed by atoms with Crippen LogP contribution >= 0.6 is 23.2 Å². The molecule has 0 aliphatic carbocycles. The van der Waals surface area contributed by atoms with Gasteiger partial charge in [0.05, 0.1) is 20.6 Å². The molecule has 0 saturated heterocycles. The van der Waals surface area contributed by atoms with E-state index in [0.717, 1.165) is 15.4 Å². The quantitative estimate of drug-likeness (QED) is 0.211. The monoisotopic (exact) mass is 623 g/mol. The number of hydrogen-bond acceptors (Lipinski definition) is 4. The molecule has 0 spiro atoms. The molecule has 0 aromatic heterocycles. The molecule has 0 unspecified atom stereocenters. The van der Waals surface area contributed by atoms with Crippen LogP contribution in [-0.4, -0.2) is 44.3 Å². The zero-order chi connectivity index (χ0) is 30.1. The molecular formula is C32H31Cl2N3O4S. The van der Waals surface area contributed by atoms with Crippen molar-refractivity contribution in [1.29, 1.82) is 0 Å². The van der Waals surface area contributed by atoms with Gasteiger partial charge in [0.15, 0.2) is 0 Å². The smallest absolute Gasteiger partial charge is 0.264 e. The van der Waals surface area contributed by atoms with Gasteiger partial charge in [0, 0.05) is 19.5 Å². The number of carbonyl (C=O) groups excluding carboxylic acids is 2. The highest BCUT2D eigenvalue weighted by Gasteiger charge is 2.34. The number of sulfonamides is 1. The number of amides is 2. The van der Waals surface area contributed by atoms with Crippen molar-refractivity contribution in [1.82, 2.24) is 10.2 Å². The number of halogens is 2. The Labute approximate surface area is 256 Å². The van der Waals surface area contributed by atoms with Crippen molar-refractivity contribution in [3.63, 3.8) is 0 Å². The maximum atomic E-state index is 14.3. The highest BCUT2D eigenvalue weighted by molar-refractivity contribution is 7.92. The summed E-state index contributed by atoms with van der Waals surface area (Å²) >= 11 is 12.4. The van der Waals surface area contributed by atoms with Crippen molar-refractivity contribution in [2.24, 2.45) is 0 Å². The third-order valence-corrected chi connectivity index (χ3v) is 9.15. The first-order valence-corrected chi connectivity index (χ1v) is 15.6. The lowest BCUT2D eigenvalue weighted by molar-refractivity contribution is -0.140. The predicted octanol–water partition coefficient (Wildman–Crippen LogP) is 5.96. The van der Waals surface area contributed by atoms with Crippen molar-refractivity contribution < 1.29 is 18.0 Å². The first kappa shape index (κ1) is 31.1. The first-order valence-electron chi connectivity index (χ1n) is 13.4. The molecule has 0 aliphatic heterocycles. The summed E-state index contributed by atoms with van der Waals surface area (Å²) in [4.78, 5) is 29.2. The minimum Gasteiger partial charge on any atom is -0.355 e. The first-order chi connectivity index (χ1) is 20.2. The van der Waals surface area contributed by atoms with E-state index in [-0.39, 0.29) is 39.5 Å². The Balaban J connectivity index is 1.79. The van der Waals surface area contributed by atoms with E-state index >= 15 is 0 Å². The van der Waals surface area contributed by atoms with E-state index in [9.17, 15) is 18.0 Å². The molecule has 0 saturated carbocycles. The van der Waals surface area contributed by atoms with Crippen molar-refractivity contribution >= 4 is 50.7 Å². The van der Waals surface area contributed by atoms with Gasteiger partial charge in [0.1, 0.15) is 12.6 Å². The van der Waals surface area contributed by atoms with Gasteiger partial charge >= 0.3 is 0 Å². The second-order valence-electron chi connectivity index (χ2n) is 9.53. The van der Waals surface area contributed by atoms with Crippen LogP contribution in [0.2, 0.25) is 10.0 Å². The Hall–Kier alpha value is -3.85. The van der Waals surface area contributed by atoms with E-state index in [1.165, 1.54) is 35.2 Å². The van der Waals surface area contributed by atoms with Crippen LogP contribution in [0, 0.1) is 0 Å². The number of rotatable bonds is 12. The van der Waals surface area contributed by atoms with E-state index < -0.39 is 28.5 Å². The number of hydrogen-bond donors (Lipinski definition) is 1. The number of nitrogens with zero attached hydrogens (tertiary/aromatic N) is 2. The molecule has 4 rings (SSSR count). The minimum atomic E-state index is -4.22. The summed E-state index contributed by atoms with van der Waals surface area (Å²) in [6, 6.07) is 30.0. The second-order valence-corrected chi connectivity index (χ2v) is 12.2. The van der Waals surface area contributed by atoms with Crippen LogP contribution < -0.4 is 9.62 Å². The molecule has 10 heteroatoms. The number of nitrogens with one attached hydrogen (secondary N) is 1. The van der Waals surface area contributed by atoms with Crippen molar-refractivity contribution in [3.8, 4) is 0 Å². The Morgan fingerprint density at radius 2 is 1.36 bits per heavy atom. The Kier molecular flexibility index (Phi) is 10.6. The zero-order valence-corrected chi connectivity index (χ0v) is 25.3. The fraction of sp³-hybridized carbons (Fsp3) is 0.188. The topological polar surface area (TPSA) is 86.8 Å². The van der Waals surface area contributed by atoms with E-state index in [2.05, 4.69) is 5.32 Å². The molecule has 0 bridgehead atoms. The van der Waals surface area contributed by atoms with Gasteiger partial charge in [-0.15, -0.1) is 0 Å². The van der Waals surface area contributed by atoms with Crippen LogP contribution in [0.15, 0.2) is 114 Å². The number of benzene rings is 4. The SMILES string of the molecule is CCNC(=O)[C@@H](Cc1ccccc1)N(Cc1ccccc1)C(=O)CN(c1ccc(Cl)c(Cl)c1)S(=O)(=O)c1ccccc1. The summed E-state index contributed by atoms with van der Waals surface area (Å²) in [5.74, 6) is -0.894. The molecule has 0 heterocycles. The zero-order valence-electron chi connectivity index (χ0n) is 23.0. The maximum Gasteiger partial charge on any atom is 0.264 e. The normalized spacial score (nSPS) is 11.9. The number of anilines is 1. The van der Waals surface area contributed by atoms with Gasteiger partial charge in [-0.25, -0.2) is 8.42 Å². The summed E-state index contributed by atoms with van der Waals surface area (Å²) in [7, 11) is -4.22. The Morgan fingerprint density at radius 3 is 1.93 bits per heavy atom. The van der Waals surface area contributed by atoms with Crippen LogP contribution in [0.25, 0.3) is 0 Å². The Bertz CT molecular complexity index is 1610. The van der Waals surface area contributed by atoms with Crippen molar-refractivity contribution in [2.75, 3.05) is 17.4 Å². The molecule has 1 atom stereocenters. The van der Waals surface area contributed by atoms with E-state index in [1.54, 1.807) is 25.1 Å². The van der Waals surface area contributed by atoms with Gasteiger partial charge in [0.2, 0.25) is 11.8 Å². The van der Waals surface area contributed by atoms with Gasteiger partial charge < -0.3 is 10.2 Å². The molecule has 4 aromatic carbocycles. The number of likely N-dealkylation sites (N-methyl/N-ethyl adjacent to an activating group) is 1. The molecule has 1 N–H and O–H groups in total. The van der Waals surface area contributed by atoms with E-state index in [4.69, 9.17) is 23.2 Å². The molecule has 0 fully saturated rings. The third-order valence-electron chi connectivity index (χ3n) is 6.62. The standard InChI is InChI=1S/C32H31Cl2N3O4S/c1-2-35-32(39)30(20-24-12-6-3-7-13-24)36(22-25-14-8-4-9-15-25)31(38)23-37(26-18-19-28(33)29(34)21-26)42(40,41)27-16-10-5-11-17-27/h3-19,21,30H,2,20,22-23H2,1H3,(H,35,39)/t30-/m1/s1. The molecular weight excluding hydrogens is 593 g/mol. The average Bonchev–Trinajstić information content (AvgIpc) is 3.00. The lowest BCUT2D eigenvalue weighted by atomic mass is 10.0. The summed E-state index contributed by atoms with van der Waals surface area (Å²) in [5.41, 5.74) is 1.82. The molecule has 0 aliphatic rings. The maximum absolute atomic E-state index is 14.3. The molecule has 7 nitrogen and oxygen atoms in total. The molecule has 4 aromatic rings. The van der Waals surface area contributed by atoms with Gasteiger partial charge in [0.25, 0.3) is 10.0 Å². The molecule has 42 heavy (non-hydrogen) atoms. The lowest BCUT2D eigenvalue weighted by Crippen LogP contribution is -2.53. The van der Waals surface area contributed by atoms with Gasteiger partial charge in [-0.1, -0.05) is 102 Å². The number of carbonyl (C=O) groups is 2. The van der Waals surface area contributed by atoms with Gasteiger partial charge in [-0.05, 0) is 48.4 Å². The van der Waals surface area contributed by atoms with Crippen LogP contribution in [0.5, 0.6) is 0 Å². The van der Waals surface area contributed by atoms with Crippen molar-refractivity contribution in [3.05, 3.63) is 130 Å². The fourth-order valence-corrected chi connectivity index (χ4v) is 6.23. The second kappa shape index (κ2) is 14.4. The predicted molar refractivity (Wildman–Crippen MR) is 167 cm³/mol. The highest BCUT2D eigenvalue weighted by atomic mass is 35.5. The summed E-state index contributed by atoms with van der Waals surface area (Å²) in [6.07, 6.45) is 0.240. The molecule has 0 radical (unpaired) electrons. The molecule has 2 amide bonds. The minimum absolute atomic E-state index is 0.00282. The highest BCUT2D eigenvalue weighted by Crippen LogP contribution is 2.31. The van der Waals surface area contributed by atoms with Gasteiger partial charge in [-0.3, -0.25) is 13.9 Å². The van der Waals surface area contributed by atoms with Gasteiger partial charge in [-0.2, -0.15) is 0 Å². The Morgan fingerprint density at radius 1 is 0.786 bits per heavy atom. The van der Waals surface area contributed by atoms with Crippen LogP contribution in [0.3, 0.4) is 0 Å². The largest absolute Gasteiger partial charge is 0.355 e. The summed E-state index contributed by atoms with van der Waals surface area (Å²) < 4.78 is 28.9. The van der Waals surface area contributed by atoms with Crippen LogP contribution in [0.4, 0.5) is 5.69 Å². The van der Waals surface area contributed by atoms with Crippen molar-refractivity contribution in [2.45, 2.75) is 30.8 Å². The van der Waals surface area contributed by atoms with Crippen LogP contribution in [0.1, 0.15) is 18.1 Å². The van der Waals surface area contributed by atoms with E-state index in [1.807, 2.05) is 60.7 Å². The lowest BCUT2D eigenvalue weighted by Gasteiger charge is -2.34. The average molecular weight is 625 g/mol. The third kappa shape index (κ3) is 7.70. The summed E-state index contributed by atoms with van der Waals surface area (Å²) in [6.45, 7) is 1.69. The van der Waals surface area contributed by atoms with Crippen LogP contribution in [-0.2, 0) is 32.6 Å². The summed E-state index contributed by atoms with van der Waals surface area (Å²) in [5, 5.41) is 3.23. The molecule has 218 valence electrons. The fourth-order valence-electron chi connectivity index (χ4n) is 4.51. The van der Waals surface area contributed by atoms with E-state index in [0.29, 0.717) is 6.54 Å².